The predicted molar refractivity (Wildman–Crippen MR) is 124 cm³/mol. The molecule has 2 aromatic carbocycles. The van der Waals surface area contributed by atoms with E-state index in [-0.39, 0.29) is 11.4 Å². The van der Waals surface area contributed by atoms with E-state index in [1.54, 1.807) is 13.8 Å². The minimum Gasteiger partial charge on any atom is -0.465 e. The summed E-state index contributed by atoms with van der Waals surface area (Å²) in [6, 6.07) is 8.48. The van der Waals surface area contributed by atoms with Gasteiger partial charge in [-0.3, -0.25) is 0 Å². The number of carbonyl (C=O) groups is 2. The first-order valence-corrected chi connectivity index (χ1v) is 11.6. The lowest BCUT2D eigenvalue weighted by Crippen LogP contribution is -2.52. The topological polar surface area (TPSA) is 61.8 Å². The zero-order valence-corrected chi connectivity index (χ0v) is 21.0. The van der Waals surface area contributed by atoms with Crippen LogP contribution in [0, 0.1) is 12.3 Å². The second-order valence-electron chi connectivity index (χ2n) is 9.25. The molecule has 0 spiro atoms. The summed E-state index contributed by atoms with van der Waals surface area (Å²) in [5.41, 5.74) is -1.91. The summed E-state index contributed by atoms with van der Waals surface area (Å²) in [7, 11) is 2.04. The molecule has 0 saturated heterocycles. The van der Waals surface area contributed by atoms with Crippen molar-refractivity contribution in [3.8, 4) is 0 Å². The predicted octanol–water partition coefficient (Wildman–Crippen LogP) is 5.83. The van der Waals surface area contributed by atoms with Crippen LogP contribution in [0.1, 0.15) is 58.1 Å². The van der Waals surface area contributed by atoms with Crippen molar-refractivity contribution in [2.45, 2.75) is 51.5 Å². The average molecular weight is 513 g/mol. The molecule has 190 valence electrons. The summed E-state index contributed by atoms with van der Waals surface area (Å²) in [5, 5.41) is 0. The van der Waals surface area contributed by atoms with Gasteiger partial charge in [-0.25, -0.2) is 9.59 Å². The molecular formula is C26H28ClF3O5. The van der Waals surface area contributed by atoms with Crippen LogP contribution in [0.5, 0.6) is 0 Å². The maximum Gasteiger partial charge on any atom is 0.432 e. The molecule has 3 rings (SSSR count). The van der Waals surface area contributed by atoms with Crippen molar-refractivity contribution in [3.63, 3.8) is 0 Å². The largest absolute Gasteiger partial charge is 0.465 e. The van der Waals surface area contributed by atoms with Crippen molar-refractivity contribution < 1.29 is 37.0 Å². The molecule has 5 nitrogen and oxygen atoms in total. The Morgan fingerprint density at radius 1 is 1.14 bits per heavy atom. The Labute approximate surface area is 207 Å². The number of carbonyl (C=O) groups excluding carboxylic acids is 2. The molecule has 0 unspecified atom stereocenters. The normalized spacial score (nSPS) is 18.5. The van der Waals surface area contributed by atoms with Crippen LogP contribution in [-0.2, 0) is 37.4 Å². The third kappa shape index (κ3) is 4.54. The molecule has 0 heterocycles. The molecule has 0 amide bonds. The van der Waals surface area contributed by atoms with Gasteiger partial charge < -0.3 is 14.2 Å². The van der Waals surface area contributed by atoms with E-state index in [1.165, 1.54) is 25.3 Å². The van der Waals surface area contributed by atoms with Crippen LogP contribution in [0.4, 0.5) is 13.2 Å². The highest BCUT2D eigenvalue weighted by Crippen LogP contribution is 2.52. The van der Waals surface area contributed by atoms with Crippen molar-refractivity contribution in [2.24, 2.45) is 5.41 Å². The molecule has 0 fully saturated rings. The van der Waals surface area contributed by atoms with Gasteiger partial charge in [0.15, 0.2) is 0 Å². The van der Waals surface area contributed by atoms with E-state index in [0.717, 1.165) is 24.8 Å². The Balaban J connectivity index is 2.21. The number of hydrogen-bond donors (Lipinski definition) is 0. The van der Waals surface area contributed by atoms with Crippen LogP contribution in [0.3, 0.4) is 0 Å². The zero-order chi connectivity index (χ0) is 26.2. The van der Waals surface area contributed by atoms with Crippen molar-refractivity contribution in [2.75, 3.05) is 20.1 Å². The lowest BCUT2D eigenvalue weighted by molar-refractivity contribution is -0.280. The van der Waals surface area contributed by atoms with Gasteiger partial charge in [-0.2, -0.15) is 13.2 Å². The Bertz CT molecular complexity index is 1110. The first-order chi connectivity index (χ1) is 16.4. The van der Waals surface area contributed by atoms with E-state index in [9.17, 15) is 22.8 Å². The SMILES string of the molecule is COC(=O)c1c(CCCl)c(C)cc2c1[C@@H](OC(=O)[C@](OC)(c1ccccc1)C(F)(F)F)C(C)(C)C2. The molecule has 0 radical (unpaired) electrons. The van der Waals surface area contributed by atoms with Gasteiger partial charge in [-0.1, -0.05) is 50.2 Å². The van der Waals surface area contributed by atoms with Crippen LogP contribution in [-0.4, -0.2) is 38.2 Å². The summed E-state index contributed by atoms with van der Waals surface area (Å²) in [4.78, 5) is 26.3. The van der Waals surface area contributed by atoms with Gasteiger partial charge in [-0.15, -0.1) is 11.6 Å². The quantitative estimate of drug-likeness (QED) is 0.345. The number of benzene rings is 2. The first kappa shape index (κ1) is 27.0. The number of methoxy groups -OCH3 is 2. The molecule has 1 aliphatic carbocycles. The Hall–Kier alpha value is -2.58. The highest BCUT2D eigenvalue weighted by Gasteiger charge is 2.65. The minimum absolute atomic E-state index is 0.182. The van der Waals surface area contributed by atoms with Gasteiger partial charge in [0, 0.05) is 29.5 Å². The molecule has 0 N–H and O–H groups in total. The number of esters is 2. The number of aryl methyl sites for hydroxylation is 1. The van der Waals surface area contributed by atoms with Crippen molar-refractivity contribution in [1.82, 2.24) is 0 Å². The third-order valence-electron chi connectivity index (χ3n) is 6.53. The molecule has 0 aliphatic heterocycles. The molecule has 35 heavy (non-hydrogen) atoms. The fourth-order valence-electron chi connectivity index (χ4n) is 4.91. The maximum absolute atomic E-state index is 14.4. The van der Waals surface area contributed by atoms with Gasteiger partial charge in [0.25, 0.3) is 5.60 Å². The number of fused-ring (bicyclic) bond motifs is 1. The van der Waals surface area contributed by atoms with Gasteiger partial charge in [0.1, 0.15) is 6.10 Å². The van der Waals surface area contributed by atoms with E-state index in [4.69, 9.17) is 25.8 Å². The molecule has 2 aromatic rings. The summed E-state index contributed by atoms with van der Waals surface area (Å²) < 4.78 is 58.9. The first-order valence-electron chi connectivity index (χ1n) is 11.0. The fraction of sp³-hybridized carbons (Fsp3) is 0.462. The maximum atomic E-state index is 14.4. The number of rotatable bonds is 7. The molecular weight excluding hydrogens is 485 g/mol. The van der Waals surface area contributed by atoms with E-state index in [2.05, 4.69) is 0 Å². The van der Waals surface area contributed by atoms with Gasteiger partial charge >= 0.3 is 18.1 Å². The second-order valence-corrected chi connectivity index (χ2v) is 9.63. The summed E-state index contributed by atoms with van der Waals surface area (Å²) >= 11 is 5.97. The highest BCUT2D eigenvalue weighted by molar-refractivity contribution is 6.18. The molecule has 2 atom stereocenters. The van der Waals surface area contributed by atoms with Crippen LogP contribution in [0.2, 0.25) is 0 Å². The van der Waals surface area contributed by atoms with Gasteiger partial charge in [-0.05, 0) is 36.5 Å². The van der Waals surface area contributed by atoms with E-state index < -0.39 is 40.8 Å². The zero-order valence-electron chi connectivity index (χ0n) is 20.2. The van der Waals surface area contributed by atoms with Crippen molar-refractivity contribution >= 4 is 23.5 Å². The van der Waals surface area contributed by atoms with E-state index in [1.807, 2.05) is 13.0 Å². The Morgan fingerprint density at radius 2 is 1.77 bits per heavy atom. The van der Waals surface area contributed by atoms with E-state index in [0.29, 0.717) is 29.5 Å². The molecule has 0 bridgehead atoms. The summed E-state index contributed by atoms with van der Waals surface area (Å²) in [5.74, 6) is -2.06. The summed E-state index contributed by atoms with van der Waals surface area (Å²) in [6.07, 6.45) is -5.56. The van der Waals surface area contributed by atoms with Gasteiger partial charge in [0.2, 0.25) is 0 Å². The van der Waals surface area contributed by atoms with Crippen LogP contribution in [0.15, 0.2) is 36.4 Å². The monoisotopic (exact) mass is 512 g/mol. The lowest BCUT2D eigenvalue weighted by Gasteiger charge is -2.36. The molecule has 1 aliphatic rings. The second kappa shape index (κ2) is 9.82. The van der Waals surface area contributed by atoms with E-state index >= 15 is 0 Å². The molecule has 9 heteroatoms. The average Bonchev–Trinajstić information content (AvgIpc) is 3.03. The van der Waals surface area contributed by atoms with Crippen LogP contribution >= 0.6 is 11.6 Å². The molecule has 0 saturated carbocycles. The standard InChI is InChI=1S/C26H28ClF3O5/c1-15-13-16-14-24(2,3)21(19(16)20(22(31)33-4)18(15)11-12-27)35-23(32)25(34-5,26(28,29)30)17-9-7-6-8-10-17/h6-10,13,21H,11-12,14H2,1-5H3/t21-,25-/m1/s1. The van der Waals surface area contributed by atoms with Gasteiger partial charge in [0.05, 0.1) is 12.7 Å². The molecule has 0 aromatic heterocycles. The number of hydrogen-bond acceptors (Lipinski definition) is 5. The highest BCUT2D eigenvalue weighted by atomic mass is 35.5. The van der Waals surface area contributed by atoms with Crippen LogP contribution < -0.4 is 0 Å². The van der Waals surface area contributed by atoms with Crippen LogP contribution in [0.25, 0.3) is 0 Å². The lowest BCUT2D eigenvalue weighted by atomic mass is 9.85. The summed E-state index contributed by atoms with van der Waals surface area (Å²) in [6.45, 7) is 5.37. The third-order valence-corrected chi connectivity index (χ3v) is 6.72. The minimum atomic E-state index is -5.12. The van der Waals surface area contributed by atoms with Crippen molar-refractivity contribution in [1.29, 1.82) is 0 Å². The Morgan fingerprint density at radius 3 is 2.29 bits per heavy atom. The number of halogens is 4. The number of alkyl halides is 4. The smallest absolute Gasteiger partial charge is 0.432 e. The van der Waals surface area contributed by atoms with Crippen molar-refractivity contribution in [3.05, 3.63) is 69.8 Å². The Kier molecular flexibility index (Phi) is 7.58. The fourth-order valence-corrected chi connectivity index (χ4v) is 5.10. The number of ether oxygens (including phenoxy) is 3.